The molecule has 218 valence electrons. The van der Waals surface area contributed by atoms with Crippen molar-refractivity contribution in [2.75, 3.05) is 6.61 Å². The number of rotatable bonds is 4. The van der Waals surface area contributed by atoms with Gasteiger partial charge in [0.15, 0.2) is 6.29 Å². The molecule has 5 N–H and O–H groups in total. The van der Waals surface area contributed by atoms with Gasteiger partial charge < -0.3 is 39.7 Å². The number of esters is 1. The second kappa shape index (κ2) is 9.49. The van der Waals surface area contributed by atoms with E-state index in [4.69, 9.17) is 14.2 Å². The number of hydrogen-bond acceptors (Lipinski definition) is 9. The summed E-state index contributed by atoms with van der Waals surface area (Å²) < 4.78 is 16.9. The van der Waals surface area contributed by atoms with E-state index >= 15 is 0 Å². The molecule has 1 saturated heterocycles. The summed E-state index contributed by atoms with van der Waals surface area (Å²) in [7, 11) is 0. The van der Waals surface area contributed by atoms with E-state index < -0.39 is 53.1 Å². The zero-order valence-corrected chi connectivity index (χ0v) is 22.7. The van der Waals surface area contributed by atoms with Crippen molar-refractivity contribution in [1.82, 2.24) is 0 Å². The Kier molecular flexibility index (Phi) is 6.72. The maximum atomic E-state index is 13.1. The van der Waals surface area contributed by atoms with E-state index in [2.05, 4.69) is 6.92 Å². The fraction of sp³-hybridized carbons (Fsp3) is 0.862. The highest BCUT2D eigenvalue weighted by Gasteiger charge is 2.70. The largest absolute Gasteiger partial charge is 0.481 e. The first kappa shape index (κ1) is 27.6. The Bertz CT molecular complexity index is 1050. The van der Waals surface area contributed by atoms with Crippen LogP contribution in [0.4, 0.5) is 0 Å². The normalized spacial score (nSPS) is 53.3. The summed E-state index contributed by atoms with van der Waals surface area (Å²) in [5.41, 5.74) is -1.44. The predicted octanol–water partition coefficient (Wildman–Crippen LogP) is 1.52. The molecule has 4 saturated carbocycles. The van der Waals surface area contributed by atoms with Crippen molar-refractivity contribution in [3.8, 4) is 0 Å². The van der Waals surface area contributed by atoms with Crippen molar-refractivity contribution in [3.05, 3.63) is 11.6 Å². The third kappa shape index (κ3) is 3.89. The molecule has 6 rings (SSSR count). The van der Waals surface area contributed by atoms with Gasteiger partial charge in [-0.05, 0) is 94.0 Å². The number of carboxylic acids is 1. The van der Waals surface area contributed by atoms with Gasteiger partial charge in [0.25, 0.3) is 0 Å². The van der Waals surface area contributed by atoms with Crippen molar-refractivity contribution in [2.45, 2.75) is 114 Å². The Morgan fingerprint density at radius 2 is 1.77 bits per heavy atom. The van der Waals surface area contributed by atoms with Crippen molar-refractivity contribution in [1.29, 1.82) is 0 Å². The van der Waals surface area contributed by atoms with Gasteiger partial charge in [0.05, 0.1) is 23.2 Å². The molecule has 0 spiro atoms. The number of cyclic esters (lactones) is 1. The van der Waals surface area contributed by atoms with Gasteiger partial charge >= 0.3 is 11.9 Å². The lowest BCUT2D eigenvalue weighted by Gasteiger charge is -2.63. The molecule has 0 bridgehead atoms. The summed E-state index contributed by atoms with van der Waals surface area (Å²) in [6.07, 6.45) is 0.990. The van der Waals surface area contributed by atoms with Gasteiger partial charge in [-0.2, -0.15) is 0 Å². The smallest absolute Gasteiger partial charge is 0.331 e. The van der Waals surface area contributed by atoms with Crippen molar-refractivity contribution >= 4 is 11.9 Å². The summed E-state index contributed by atoms with van der Waals surface area (Å²) in [4.78, 5) is 24.9. The molecule has 0 aromatic carbocycles. The summed E-state index contributed by atoms with van der Waals surface area (Å²) >= 11 is 0. The van der Waals surface area contributed by atoms with E-state index in [1.165, 1.54) is 0 Å². The summed E-state index contributed by atoms with van der Waals surface area (Å²) in [6, 6.07) is 0. The number of aliphatic hydroxyl groups excluding tert-OH is 3. The third-order valence-corrected chi connectivity index (χ3v) is 12.0. The van der Waals surface area contributed by atoms with Crippen LogP contribution in [0.3, 0.4) is 0 Å². The average Bonchev–Trinajstić information content (AvgIpc) is 3.45. The molecule has 0 aromatic heterocycles. The molecule has 0 unspecified atom stereocenters. The molecule has 13 atom stereocenters. The molecule has 0 amide bonds. The summed E-state index contributed by atoms with van der Waals surface area (Å²) in [5.74, 6) is -1.51. The van der Waals surface area contributed by atoms with Gasteiger partial charge in [-0.1, -0.05) is 6.92 Å². The van der Waals surface area contributed by atoms with E-state index in [-0.39, 0.29) is 42.4 Å². The molecule has 5 fully saturated rings. The van der Waals surface area contributed by atoms with Crippen LogP contribution in [0.1, 0.15) is 71.6 Å². The van der Waals surface area contributed by atoms with Gasteiger partial charge in [-0.15, -0.1) is 0 Å². The highest BCUT2D eigenvalue weighted by molar-refractivity contribution is 5.85. The van der Waals surface area contributed by atoms with E-state index in [0.717, 1.165) is 18.4 Å². The Labute approximate surface area is 228 Å². The van der Waals surface area contributed by atoms with Gasteiger partial charge in [-0.3, -0.25) is 4.79 Å². The van der Waals surface area contributed by atoms with Crippen LogP contribution in [0.25, 0.3) is 0 Å². The Hall–Kier alpha value is -1.56. The van der Waals surface area contributed by atoms with Gasteiger partial charge in [0.2, 0.25) is 0 Å². The summed E-state index contributed by atoms with van der Waals surface area (Å²) in [5, 5.41) is 53.7. The average molecular weight is 551 g/mol. The van der Waals surface area contributed by atoms with E-state index in [9.17, 15) is 35.1 Å². The lowest BCUT2D eigenvalue weighted by molar-refractivity contribution is -0.310. The van der Waals surface area contributed by atoms with Crippen molar-refractivity contribution in [3.63, 3.8) is 0 Å². The van der Waals surface area contributed by atoms with Crippen LogP contribution < -0.4 is 0 Å². The molecule has 10 nitrogen and oxygen atoms in total. The fourth-order valence-electron chi connectivity index (χ4n) is 9.87. The molecule has 2 aliphatic heterocycles. The number of hydrogen-bond donors (Lipinski definition) is 5. The lowest BCUT2D eigenvalue weighted by Crippen LogP contribution is -2.65. The maximum Gasteiger partial charge on any atom is 0.331 e. The number of carboxylic acid groups (broad SMARTS) is 1. The number of aliphatic hydroxyl groups is 4. The maximum absolute atomic E-state index is 13.1. The summed E-state index contributed by atoms with van der Waals surface area (Å²) in [6.45, 7) is 4.01. The van der Waals surface area contributed by atoms with Gasteiger partial charge in [0, 0.05) is 11.5 Å². The SMILES string of the molecule is C[C@@H]1O[C@@H](O[C@H]2CC[C@@]3(C(=O)O)[C@H](CC[C@@H]4[C@@H]3CC[C@]3(C)[C@@H](C5=CC(=O)OC5)CC[C@]43O)C2)[C@H](O)[C@H](O)[C@H]1O. The molecule has 4 aliphatic carbocycles. The Morgan fingerprint density at radius 1 is 1.00 bits per heavy atom. The standard InChI is InChI=1S/C29H42O10/c1-14-22(31)23(32)24(33)25(38-14)39-17-5-9-28(26(34)35)16(12-17)3-4-20-19(28)6-8-27(2)18(7-10-29(20,27)36)15-11-21(30)37-13-15/h11,14,16-20,22-25,31-33,36H,3-10,12-13H2,1-2H3,(H,34,35)/t14-,16+,17-,18+,19-,20+,22-,23+,24+,25-,27+,28+,29-/m0/s1. The van der Waals surface area contributed by atoms with Crippen molar-refractivity contribution in [2.24, 2.45) is 34.5 Å². The quantitative estimate of drug-likeness (QED) is 0.256. The number of ether oxygens (including phenoxy) is 3. The van der Waals surface area contributed by atoms with Crippen LogP contribution in [0.5, 0.6) is 0 Å². The first-order valence-electron chi connectivity index (χ1n) is 14.6. The second-order valence-electron chi connectivity index (χ2n) is 13.3. The molecular formula is C29H42O10. The molecule has 6 aliphatic rings. The van der Waals surface area contributed by atoms with Crippen LogP contribution in [0, 0.1) is 34.5 Å². The molecule has 0 aromatic rings. The molecular weight excluding hydrogens is 508 g/mol. The van der Waals surface area contributed by atoms with Crippen LogP contribution in [-0.4, -0.2) is 86.5 Å². The van der Waals surface area contributed by atoms with E-state index in [1.807, 2.05) is 0 Å². The van der Waals surface area contributed by atoms with Crippen LogP contribution in [0.15, 0.2) is 11.6 Å². The molecule has 0 radical (unpaired) electrons. The van der Waals surface area contributed by atoms with E-state index in [0.29, 0.717) is 44.9 Å². The zero-order chi connectivity index (χ0) is 27.9. The first-order chi connectivity index (χ1) is 18.4. The topological polar surface area (TPSA) is 163 Å². The molecule has 39 heavy (non-hydrogen) atoms. The third-order valence-electron chi connectivity index (χ3n) is 12.0. The van der Waals surface area contributed by atoms with Crippen LogP contribution in [0.2, 0.25) is 0 Å². The molecule has 2 heterocycles. The van der Waals surface area contributed by atoms with Gasteiger partial charge in [0.1, 0.15) is 24.9 Å². The minimum Gasteiger partial charge on any atom is -0.481 e. The van der Waals surface area contributed by atoms with Crippen LogP contribution in [-0.2, 0) is 23.8 Å². The predicted molar refractivity (Wildman–Crippen MR) is 135 cm³/mol. The highest BCUT2D eigenvalue weighted by atomic mass is 16.7. The number of carbonyl (C=O) groups excluding carboxylic acids is 1. The number of carbonyl (C=O) groups is 2. The fourth-order valence-corrected chi connectivity index (χ4v) is 9.87. The number of fused-ring (bicyclic) bond motifs is 5. The monoisotopic (exact) mass is 550 g/mol. The molecule has 10 heteroatoms. The Morgan fingerprint density at radius 3 is 2.46 bits per heavy atom. The van der Waals surface area contributed by atoms with Crippen molar-refractivity contribution < 1.29 is 49.3 Å². The minimum absolute atomic E-state index is 0.0516. The first-order valence-corrected chi connectivity index (χ1v) is 14.6. The second-order valence-corrected chi connectivity index (χ2v) is 13.3. The highest BCUT2D eigenvalue weighted by Crippen LogP contribution is 2.70. The van der Waals surface area contributed by atoms with E-state index in [1.54, 1.807) is 13.0 Å². The van der Waals surface area contributed by atoms with Crippen LogP contribution >= 0.6 is 0 Å². The lowest BCUT2D eigenvalue weighted by atomic mass is 9.42. The zero-order valence-electron chi connectivity index (χ0n) is 22.7. The number of aliphatic carboxylic acids is 1. The minimum atomic E-state index is -1.39. The Balaban J connectivity index is 1.22. The van der Waals surface area contributed by atoms with Gasteiger partial charge in [-0.25, -0.2) is 4.79 Å².